The van der Waals surface area contributed by atoms with Gasteiger partial charge in [-0.05, 0) is 31.0 Å². The van der Waals surface area contributed by atoms with Gasteiger partial charge in [-0.25, -0.2) is 0 Å². The summed E-state index contributed by atoms with van der Waals surface area (Å²) in [6, 6.07) is 14.0. The molecule has 0 saturated heterocycles. The Bertz CT molecular complexity index is 753. The van der Waals surface area contributed by atoms with Crippen molar-refractivity contribution in [3.05, 3.63) is 59.2 Å². The van der Waals surface area contributed by atoms with Gasteiger partial charge in [0, 0.05) is 23.7 Å². The van der Waals surface area contributed by atoms with Crippen LogP contribution in [0.1, 0.15) is 41.3 Å². The average molecular weight is 293 g/mol. The van der Waals surface area contributed by atoms with E-state index in [2.05, 4.69) is 26.0 Å². The summed E-state index contributed by atoms with van der Waals surface area (Å²) in [6.45, 7) is 4.95. The summed E-state index contributed by atoms with van der Waals surface area (Å²) in [7, 11) is 0. The average Bonchev–Trinajstić information content (AvgIpc) is 3.09. The third-order valence-electron chi connectivity index (χ3n) is 4.91. The first-order chi connectivity index (χ1) is 10.7. The summed E-state index contributed by atoms with van der Waals surface area (Å²) < 4.78 is 5.97. The van der Waals surface area contributed by atoms with Crippen molar-refractivity contribution >= 4 is 11.6 Å². The molecular weight excluding hydrogens is 274 g/mol. The number of nitrogens with zero attached hydrogens (tertiary/aromatic N) is 1. The maximum absolute atomic E-state index is 13.0. The second-order valence-corrected chi connectivity index (χ2v) is 6.17. The highest BCUT2D eigenvalue weighted by molar-refractivity contribution is 6.09. The van der Waals surface area contributed by atoms with E-state index >= 15 is 0 Å². The molecule has 2 aromatic rings. The van der Waals surface area contributed by atoms with Gasteiger partial charge >= 0.3 is 0 Å². The van der Waals surface area contributed by atoms with Gasteiger partial charge in [0.05, 0.1) is 5.56 Å². The summed E-state index contributed by atoms with van der Waals surface area (Å²) in [5.74, 6) is 1.15. The number of rotatable bonds is 1. The molecular formula is C19H19NO2. The molecule has 112 valence electrons. The van der Waals surface area contributed by atoms with E-state index in [4.69, 9.17) is 4.74 Å². The number of benzene rings is 2. The molecule has 0 fully saturated rings. The maximum Gasteiger partial charge on any atom is 0.262 e. The van der Waals surface area contributed by atoms with Crippen LogP contribution in [0, 0.1) is 0 Å². The Morgan fingerprint density at radius 3 is 2.82 bits per heavy atom. The van der Waals surface area contributed by atoms with Gasteiger partial charge in [-0.1, -0.05) is 37.3 Å². The number of carbonyl (C=O) groups excluding carboxylic acids is 1. The minimum absolute atomic E-state index is 0.0445. The SMILES string of the molecule is CC1Oc2c(C(=O)N3CCc4ccccc43)cccc2C1C. The fraction of sp³-hybridized carbons (Fsp3) is 0.316. The third kappa shape index (κ3) is 1.85. The fourth-order valence-electron chi connectivity index (χ4n) is 3.45. The van der Waals surface area contributed by atoms with Crippen LogP contribution in [0.25, 0.3) is 0 Å². The first-order valence-electron chi connectivity index (χ1n) is 7.86. The van der Waals surface area contributed by atoms with Gasteiger partial charge in [0.1, 0.15) is 11.9 Å². The lowest BCUT2D eigenvalue weighted by Crippen LogP contribution is -2.29. The van der Waals surface area contributed by atoms with Gasteiger partial charge in [0.2, 0.25) is 0 Å². The van der Waals surface area contributed by atoms with Gasteiger partial charge in [-0.2, -0.15) is 0 Å². The molecule has 3 heteroatoms. The number of hydrogen-bond donors (Lipinski definition) is 0. The van der Waals surface area contributed by atoms with Crippen molar-refractivity contribution in [2.24, 2.45) is 0 Å². The molecule has 0 spiro atoms. The second kappa shape index (κ2) is 4.87. The lowest BCUT2D eigenvalue weighted by atomic mass is 9.96. The first kappa shape index (κ1) is 13.4. The Labute approximate surface area is 130 Å². The molecule has 0 bridgehead atoms. The number of fused-ring (bicyclic) bond motifs is 2. The van der Waals surface area contributed by atoms with Gasteiger partial charge < -0.3 is 9.64 Å². The summed E-state index contributed by atoms with van der Waals surface area (Å²) in [5.41, 5.74) is 4.10. The molecule has 2 aliphatic rings. The molecule has 0 N–H and O–H groups in total. The lowest BCUT2D eigenvalue weighted by molar-refractivity contribution is 0.0984. The molecule has 0 saturated carbocycles. The van der Waals surface area contributed by atoms with Crippen LogP contribution in [0.2, 0.25) is 0 Å². The summed E-state index contributed by atoms with van der Waals surface area (Å²) in [5, 5.41) is 0. The van der Waals surface area contributed by atoms with Gasteiger partial charge in [-0.15, -0.1) is 0 Å². The van der Waals surface area contributed by atoms with Crippen LogP contribution >= 0.6 is 0 Å². The Morgan fingerprint density at radius 2 is 1.95 bits per heavy atom. The van der Waals surface area contributed by atoms with Crippen molar-refractivity contribution in [2.45, 2.75) is 32.3 Å². The molecule has 22 heavy (non-hydrogen) atoms. The summed E-state index contributed by atoms with van der Waals surface area (Å²) in [6.07, 6.45) is 1.04. The predicted octanol–water partition coefficient (Wildman–Crippen LogP) is 3.77. The monoisotopic (exact) mass is 293 g/mol. The molecule has 2 heterocycles. The predicted molar refractivity (Wildman–Crippen MR) is 86.8 cm³/mol. The molecule has 0 aromatic heterocycles. The van der Waals surface area contributed by atoms with Gasteiger partial charge in [0.15, 0.2) is 0 Å². The van der Waals surface area contributed by atoms with E-state index in [1.807, 2.05) is 35.2 Å². The number of para-hydroxylation sites is 2. The summed E-state index contributed by atoms with van der Waals surface area (Å²) in [4.78, 5) is 14.9. The van der Waals surface area contributed by atoms with E-state index in [-0.39, 0.29) is 12.0 Å². The zero-order valence-corrected chi connectivity index (χ0v) is 12.9. The quantitative estimate of drug-likeness (QED) is 0.801. The normalized spacial score (nSPS) is 22.2. The highest BCUT2D eigenvalue weighted by Crippen LogP contribution is 2.41. The maximum atomic E-state index is 13.0. The zero-order chi connectivity index (χ0) is 15.3. The second-order valence-electron chi connectivity index (χ2n) is 6.17. The van der Waals surface area contributed by atoms with Crippen LogP contribution in [0.15, 0.2) is 42.5 Å². The number of amides is 1. The Kier molecular flexibility index (Phi) is 2.96. The van der Waals surface area contributed by atoms with Crippen molar-refractivity contribution in [2.75, 3.05) is 11.4 Å². The molecule has 4 rings (SSSR count). The lowest BCUT2D eigenvalue weighted by Gasteiger charge is -2.19. The minimum atomic E-state index is 0.0445. The molecule has 2 atom stereocenters. The van der Waals surface area contributed by atoms with Crippen molar-refractivity contribution < 1.29 is 9.53 Å². The highest BCUT2D eigenvalue weighted by atomic mass is 16.5. The largest absolute Gasteiger partial charge is 0.489 e. The van der Waals surface area contributed by atoms with Crippen LogP contribution in [0.5, 0.6) is 5.75 Å². The van der Waals surface area contributed by atoms with Gasteiger partial charge in [0.25, 0.3) is 5.91 Å². The molecule has 0 aliphatic carbocycles. The van der Waals surface area contributed by atoms with Crippen LogP contribution in [0.3, 0.4) is 0 Å². The van der Waals surface area contributed by atoms with Gasteiger partial charge in [-0.3, -0.25) is 4.79 Å². The number of anilines is 1. The van der Waals surface area contributed by atoms with E-state index in [1.54, 1.807) is 0 Å². The Hall–Kier alpha value is -2.29. The summed E-state index contributed by atoms with van der Waals surface area (Å²) >= 11 is 0. The highest BCUT2D eigenvalue weighted by Gasteiger charge is 2.34. The van der Waals surface area contributed by atoms with Crippen LogP contribution < -0.4 is 9.64 Å². The van der Waals surface area contributed by atoms with Crippen LogP contribution in [-0.4, -0.2) is 18.6 Å². The van der Waals surface area contributed by atoms with E-state index in [0.717, 1.165) is 30.0 Å². The van der Waals surface area contributed by atoms with Crippen molar-refractivity contribution in [3.8, 4) is 5.75 Å². The minimum Gasteiger partial charge on any atom is -0.489 e. The Morgan fingerprint density at radius 1 is 1.14 bits per heavy atom. The van der Waals surface area contributed by atoms with E-state index in [9.17, 15) is 4.79 Å². The molecule has 2 aliphatic heterocycles. The number of hydrogen-bond acceptors (Lipinski definition) is 2. The Balaban J connectivity index is 1.74. The number of ether oxygens (including phenoxy) is 1. The van der Waals surface area contributed by atoms with E-state index in [0.29, 0.717) is 11.5 Å². The standard InChI is InChI=1S/C19H19NO2/c1-12-13(2)22-18-15(12)7-5-8-16(18)19(21)20-11-10-14-6-3-4-9-17(14)20/h3-9,12-13H,10-11H2,1-2H3. The van der Waals surface area contributed by atoms with Crippen LogP contribution in [-0.2, 0) is 6.42 Å². The van der Waals surface area contributed by atoms with E-state index < -0.39 is 0 Å². The first-order valence-corrected chi connectivity index (χ1v) is 7.86. The zero-order valence-electron chi connectivity index (χ0n) is 12.9. The van der Waals surface area contributed by atoms with Crippen molar-refractivity contribution in [3.63, 3.8) is 0 Å². The smallest absolute Gasteiger partial charge is 0.262 e. The molecule has 1 amide bonds. The molecule has 0 radical (unpaired) electrons. The molecule has 2 aromatic carbocycles. The number of carbonyl (C=O) groups is 1. The third-order valence-corrected chi connectivity index (χ3v) is 4.91. The van der Waals surface area contributed by atoms with E-state index in [1.165, 1.54) is 5.56 Å². The molecule has 2 unspecified atom stereocenters. The fourth-order valence-corrected chi connectivity index (χ4v) is 3.45. The van der Waals surface area contributed by atoms with Crippen LogP contribution in [0.4, 0.5) is 5.69 Å². The topological polar surface area (TPSA) is 29.5 Å². The molecule has 3 nitrogen and oxygen atoms in total. The van der Waals surface area contributed by atoms with Crippen molar-refractivity contribution in [1.82, 2.24) is 0 Å². The van der Waals surface area contributed by atoms with Crippen molar-refractivity contribution in [1.29, 1.82) is 0 Å².